The second-order valence-electron chi connectivity index (χ2n) is 3.99. The number of nitrogens with zero attached hydrogens (tertiary/aromatic N) is 2. The molecule has 0 saturated heterocycles. The Morgan fingerprint density at radius 1 is 1.32 bits per heavy atom. The van der Waals surface area contributed by atoms with Gasteiger partial charge in [0.2, 0.25) is 0 Å². The van der Waals surface area contributed by atoms with E-state index in [1.807, 2.05) is 35.8 Å². The van der Waals surface area contributed by atoms with Gasteiger partial charge in [0.15, 0.2) is 10.9 Å². The Balaban J connectivity index is 1.99. The highest BCUT2D eigenvalue weighted by molar-refractivity contribution is 8.14. The summed E-state index contributed by atoms with van der Waals surface area (Å²) in [6.45, 7) is 2.81. The Kier molecular flexibility index (Phi) is 3.13. The molecule has 96 valence electrons. The van der Waals surface area contributed by atoms with Gasteiger partial charge in [-0.25, -0.2) is 4.98 Å². The molecule has 3 rings (SSSR count). The number of hydrogen-bond donors (Lipinski definition) is 0. The average Bonchev–Trinajstić information content (AvgIpc) is 3.05. The van der Waals surface area contributed by atoms with Gasteiger partial charge in [-0.2, -0.15) is 0 Å². The van der Waals surface area contributed by atoms with Gasteiger partial charge in [0.1, 0.15) is 0 Å². The fraction of sp³-hybridized carbons (Fsp3) is 0.143. The highest BCUT2D eigenvalue weighted by atomic mass is 32.2. The maximum Gasteiger partial charge on any atom is 0.262 e. The number of hydrogen-bond acceptors (Lipinski definition) is 4. The molecule has 0 N–H and O–H groups in total. The van der Waals surface area contributed by atoms with Gasteiger partial charge < -0.3 is 8.98 Å². The molecule has 0 spiro atoms. The molecule has 0 bridgehead atoms. The zero-order valence-corrected chi connectivity index (χ0v) is 11.2. The Morgan fingerprint density at radius 2 is 2.16 bits per heavy atom. The summed E-state index contributed by atoms with van der Waals surface area (Å²) in [5.41, 5.74) is 1.94. The van der Waals surface area contributed by atoms with Crippen molar-refractivity contribution in [1.82, 2.24) is 9.55 Å². The first-order valence-corrected chi connectivity index (χ1v) is 6.82. The summed E-state index contributed by atoms with van der Waals surface area (Å²) in [4.78, 5) is 16.5. The van der Waals surface area contributed by atoms with Gasteiger partial charge in [-0.3, -0.25) is 4.79 Å². The molecule has 1 aromatic carbocycles. The summed E-state index contributed by atoms with van der Waals surface area (Å²) in [5, 5.41) is 0.570. The van der Waals surface area contributed by atoms with E-state index in [2.05, 4.69) is 4.98 Å². The number of carbonyl (C=O) groups excluding carboxylic acids is 1. The van der Waals surface area contributed by atoms with Gasteiger partial charge in [-0.05, 0) is 43.0 Å². The number of fused-ring (bicyclic) bond motifs is 1. The van der Waals surface area contributed by atoms with Crippen molar-refractivity contribution in [2.75, 3.05) is 0 Å². The molecular formula is C14H12N2O2S. The zero-order chi connectivity index (χ0) is 13.2. The molecule has 2 aromatic heterocycles. The Morgan fingerprint density at radius 3 is 2.89 bits per heavy atom. The van der Waals surface area contributed by atoms with Gasteiger partial charge in [0.25, 0.3) is 5.12 Å². The van der Waals surface area contributed by atoms with Crippen LogP contribution in [0.1, 0.15) is 17.5 Å². The first-order chi connectivity index (χ1) is 9.29. The molecular weight excluding hydrogens is 260 g/mol. The second-order valence-corrected chi connectivity index (χ2v) is 4.93. The van der Waals surface area contributed by atoms with Crippen molar-refractivity contribution in [1.29, 1.82) is 0 Å². The van der Waals surface area contributed by atoms with Crippen molar-refractivity contribution in [3.63, 3.8) is 0 Å². The van der Waals surface area contributed by atoms with E-state index in [0.717, 1.165) is 29.3 Å². The number of rotatable bonds is 3. The summed E-state index contributed by atoms with van der Waals surface area (Å²) < 4.78 is 7.14. The van der Waals surface area contributed by atoms with Gasteiger partial charge >= 0.3 is 0 Å². The van der Waals surface area contributed by atoms with E-state index in [4.69, 9.17) is 4.42 Å². The van der Waals surface area contributed by atoms with Crippen LogP contribution < -0.4 is 0 Å². The smallest absolute Gasteiger partial charge is 0.262 e. The van der Waals surface area contributed by atoms with Crippen molar-refractivity contribution >= 4 is 27.9 Å². The first-order valence-electron chi connectivity index (χ1n) is 6.00. The summed E-state index contributed by atoms with van der Waals surface area (Å²) >= 11 is 1.10. The van der Waals surface area contributed by atoms with Gasteiger partial charge in [0.05, 0.1) is 17.3 Å². The minimum atomic E-state index is -0.130. The number of benzene rings is 1. The number of para-hydroxylation sites is 2. The fourth-order valence-corrected chi connectivity index (χ4v) is 2.83. The Bertz CT molecular complexity index is 716. The molecule has 0 aliphatic carbocycles. The monoisotopic (exact) mass is 272 g/mol. The van der Waals surface area contributed by atoms with Crippen molar-refractivity contribution in [2.24, 2.45) is 0 Å². The number of aryl methyl sites for hydroxylation is 1. The van der Waals surface area contributed by atoms with Crippen molar-refractivity contribution in [3.05, 3.63) is 48.4 Å². The summed E-state index contributed by atoms with van der Waals surface area (Å²) in [6.07, 6.45) is 1.50. The van der Waals surface area contributed by atoms with E-state index in [1.165, 1.54) is 6.26 Å². The van der Waals surface area contributed by atoms with Crippen LogP contribution in [0.25, 0.3) is 11.0 Å². The molecule has 19 heavy (non-hydrogen) atoms. The quantitative estimate of drug-likeness (QED) is 0.684. The normalized spacial score (nSPS) is 11.0. The molecule has 2 heterocycles. The summed E-state index contributed by atoms with van der Waals surface area (Å²) in [5.74, 6) is 0.347. The highest BCUT2D eigenvalue weighted by Gasteiger charge is 2.16. The van der Waals surface area contributed by atoms with Crippen LogP contribution >= 0.6 is 11.8 Å². The first kappa shape index (κ1) is 12.0. The van der Waals surface area contributed by atoms with Crippen LogP contribution in [0.15, 0.2) is 52.2 Å². The van der Waals surface area contributed by atoms with Gasteiger partial charge in [0, 0.05) is 6.54 Å². The topological polar surface area (TPSA) is 48.0 Å². The molecule has 0 unspecified atom stereocenters. The molecule has 3 aromatic rings. The third kappa shape index (κ3) is 2.17. The van der Waals surface area contributed by atoms with Crippen LogP contribution in [-0.4, -0.2) is 14.7 Å². The third-order valence-electron chi connectivity index (χ3n) is 2.84. The van der Waals surface area contributed by atoms with Gasteiger partial charge in [-0.15, -0.1) is 0 Å². The highest BCUT2D eigenvalue weighted by Crippen LogP contribution is 2.26. The lowest BCUT2D eigenvalue weighted by atomic mass is 10.3. The SMILES string of the molecule is CCn1c(SC(=O)c2ccco2)nc2ccccc21. The average molecular weight is 272 g/mol. The molecule has 0 aliphatic rings. The van der Waals surface area contributed by atoms with Crippen LogP contribution in [0.3, 0.4) is 0 Å². The van der Waals surface area contributed by atoms with Crippen LogP contribution in [0, 0.1) is 0 Å². The molecule has 4 nitrogen and oxygen atoms in total. The predicted molar refractivity (Wildman–Crippen MR) is 74.3 cm³/mol. The zero-order valence-electron chi connectivity index (χ0n) is 10.4. The lowest BCUT2D eigenvalue weighted by Crippen LogP contribution is -1.99. The van der Waals surface area contributed by atoms with E-state index in [-0.39, 0.29) is 5.12 Å². The van der Waals surface area contributed by atoms with Crippen LogP contribution in [0.2, 0.25) is 0 Å². The summed E-state index contributed by atoms with van der Waals surface area (Å²) in [6, 6.07) is 11.2. The van der Waals surface area contributed by atoms with E-state index in [0.29, 0.717) is 10.9 Å². The molecule has 5 heteroatoms. The minimum absolute atomic E-state index is 0.130. The van der Waals surface area contributed by atoms with E-state index >= 15 is 0 Å². The number of aromatic nitrogens is 2. The summed E-state index contributed by atoms with van der Waals surface area (Å²) in [7, 11) is 0. The number of furan rings is 1. The molecule has 0 radical (unpaired) electrons. The molecule has 0 fully saturated rings. The molecule has 0 amide bonds. The number of imidazole rings is 1. The molecule has 0 saturated carbocycles. The fourth-order valence-electron chi connectivity index (χ4n) is 1.96. The van der Waals surface area contributed by atoms with E-state index in [1.54, 1.807) is 12.1 Å². The third-order valence-corrected chi connectivity index (χ3v) is 3.72. The molecule has 0 aliphatic heterocycles. The van der Waals surface area contributed by atoms with Crippen LogP contribution in [0.4, 0.5) is 0 Å². The van der Waals surface area contributed by atoms with Gasteiger partial charge in [-0.1, -0.05) is 12.1 Å². The number of carbonyl (C=O) groups is 1. The van der Waals surface area contributed by atoms with E-state index < -0.39 is 0 Å². The minimum Gasteiger partial charge on any atom is -0.460 e. The maximum atomic E-state index is 12.0. The lowest BCUT2D eigenvalue weighted by Gasteiger charge is -2.03. The van der Waals surface area contributed by atoms with Crippen LogP contribution in [-0.2, 0) is 6.54 Å². The largest absolute Gasteiger partial charge is 0.460 e. The Hall–Kier alpha value is -2.01. The van der Waals surface area contributed by atoms with Crippen molar-refractivity contribution in [3.8, 4) is 0 Å². The van der Waals surface area contributed by atoms with E-state index in [9.17, 15) is 4.79 Å². The molecule has 0 atom stereocenters. The van der Waals surface area contributed by atoms with Crippen molar-refractivity contribution < 1.29 is 9.21 Å². The van der Waals surface area contributed by atoms with Crippen LogP contribution in [0.5, 0.6) is 0 Å². The maximum absolute atomic E-state index is 12.0. The predicted octanol–water partition coefficient (Wildman–Crippen LogP) is 3.58. The van der Waals surface area contributed by atoms with Crippen molar-refractivity contribution in [2.45, 2.75) is 18.6 Å². The Labute approximate surface area is 114 Å². The number of thioether (sulfide) groups is 1. The standard InChI is InChI=1S/C14H12N2O2S/c1-2-16-11-7-4-3-6-10(11)15-14(16)19-13(17)12-8-5-9-18-12/h3-9H,2H2,1H3. The lowest BCUT2D eigenvalue weighted by molar-refractivity contribution is 0.106. The second kappa shape index (κ2) is 4.93.